The lowest BCUT2D eigenvalue weighted by atomic mass is 9.94. The van der Waals surface area contributed by atoms with Crippen LogP contribution in [-0.2, 0) is 0 Å². The van der Waals surface area contributed by atoms with E-state index in [1.165, 1.54) is 23.1 Å². The quantitative estimate of drug-likeness (QED) is 0.320. The van der Waals surface area contributed by atoms with Gasteiger partial charge in [0.1, 0.15) is 5.82 Å². The van der Waals surface area contributed by atoms with Gasteiger partial charge in [0.15, 0.2) is 0 Å². The molecule has 0 aromatic heterocycles. The topological polar surface area (TPSA) is 57.7 Å². The first-order chi connectivity index (χ1) is 16.4. The molecule has 0 aliphatic carbocycles. The number of benzene rings is 4. The van der Waals surface area contributed by atoms with E-state index >= 15 is 0 Å². The molecule has 5 nitrogen and oxygen atoms in total. The van der Waals surface area contributed by atoms with Crippen LogP contribution >= 0.6 is 15.9 Å². The third-order valence-electron chi connectivity index (χ3n) is 5.84. The van der Waals surface area contributed by atoms with E-state index in [9.17, 15) is 18.8 Å². The molecule has 0 spiro atoms. The van der Waals surface area contributed by atoms with Crippen molar-refractivity contribution < 1.29 is 18.8 Å². The van der Waals surface area contributed by atoms with Crippen LogP contribution in [0.3, 0.4) is 0 Å². The molecule has 0 saturated carbocycles. The van der Waals surface area contributed by atoms with Crippen molar-refractivity contribution in [3.63, 3.8) is 0 Å². The first kappa shape index (κ1) is 22.0. The molecule has 1 aliphatic heterocycles. The van der Waals surface area contributed by atoms with Gasteiger partial charge in [-0.05, 0) is 53.9 Å². The van der Waals surface area contributed by atoms with E-state index in [0.29, 0.717) is 27.8 Å². The minimum atomic E-state index is -0.490. The molecule has 7 heteroatoms. The SMILES string of the molecule is O=C1c2cccc3cccc(c23)C(=O)N1CCN(C(=O)c1cccc(Br)c1)c1cccc(F)c1. The van der Waals surface area contributed by atoms with Crippen molar-refractivity contribution in [3.05, 3.63) is 112 Å². The Kier molecular flexibility index (Phi) is 5.71. The van der Waals surface area contributed by atoms with Crippen molar-refractivity contribution >= 4 is 50.1 Å². The van der Waals surface area contributed by atoms with Crippen LogP contribution in [0.25, 0.3) is 10.8 Å². The number of carbonyl (C=O) groups excluding carboxylic acids is 3. The monoisotopic (exact) mass is 516 g/mol. The number of imide groups is 1. The maximum Gasteiger partial charge on any atom is 0.261 e. The van der Waals surface area contributed by atoms with Crippen LogP contribution in [0, 0.1) is 5.82 Å². The highest BCUT2D eigenvalue weighted by atomic mass is 79.9. The van der Waals surface area contributed by atoms with E-state index in [1.807, 2.05) is 12.1 Å². The van der Waals surface area contributed by atoms with Crippen LogP contribution in [0.2, 0.25) is 0 Å². The molecule has 0 atom stereocenters. The number of nitrogens with zero attached hydrogens (tertiary/aromatic N) is 2. The summed E-state index contributed by atoms with van der Waals surface area (Å²) in [5.74, 6) is -1.69. The summed E-state index contributed by atoms with van der Waals surface area (Å²) in [5.41, 5.74) is 1.63. The van der Waals surface area contributed by atoms with Crippen LogP contribution in [0.5, 0.6) is 0 Å². The highest BCUT2D eigenvalue weighted by Gasteiger charge is 2.33. The number of halogens is 2. The first-order valence-electron chi connectivity index (χ1n) is 10.6. The minimum absolute atomic E-state index is 0.00439. The minimum Gasteiger partial charge on any atom is -0.306 e. The van der Waals surface area contributed by atoms with Crippen LogP contribution in [0.4, 0.5) is 10.1 Å². The summed E-state index contributed by atoms with van der Waals surface area (Å²) in [4.78, 5) is 42.4. The standard InChI is InChI=1S/C27H18BrFN2O3/c28-19-8-1-7-18(15-19)25(32)30(21-10-4-9-20(29)16-21)13-14-31-26(33)22-11-2-5-17-6-3-12-23(24(17)22)27(31)34/h1-12,15-16H,13-14H2. The summed E-state index contributed by atoms with van der Waals surface area (Å²) >= 11 is 3.37. The molecule has 0 unspecified atom stereocenters. The van der Waals surface area contributed by atoms with Crippen molar-refractivity contribution in [2.45, 2.75) is 0 Å². The normalized spacial score (nSPS) is 12.8. The summed E-state index contributed by atoms with van der Waals surface area (Å²) in [6.07, 6.45) is 0. The summed E-state index contributed by atoms with van der Waals surface area (Å²) in [6, 6.07) is 23.2. The summed E-state index contributed by atoms with van der Waals surface area (Å²) < 4.78 is 14.7. The Hall–Kier alpha value is -3.84. The van der Waals surface area contributed by atoms with Gasteiger partial charge in [0.25, 0.3) is 17.7 Å². The molecule has 0 radical (unpaired) electrons. The zero-order valence-electron chi connectivity index (χ0n) is 17.9. The molecule has 4 aromatic carbocycles. The third kappa shape index (κ3) is 3.88. The van der Waals surface area contributed by atoms with Crippen LogP contribution in [0.1, 0.15) is 31.1 Å². The second-order valence-electron chi connectivity index (χ2n) is 7.92. The average Bonchev–Trinajstić information content (AvgIpc) is 2.84. The Morgan fingerprint density at radius 3 is 2.15 bits per heavy atom. The molecule has 0 saturated heterocycles. The van der Waals surface area contributed by atoms with Gasteiger partial charge in [0, 0.05) is 45.3 Å². The predicted molar refractivity (Wildman–Crippen MR) is 132 cm³/mol. The van der Waals surface area contributed by atoms with Gasteiger partial charge in [-0.1, -0.05) is 52.3 Å². The Morgan fingerprint density at radius 1 is 0.853 bits per heavy atom. The smallest absolute Gasteiger partial charge is 0.261 e. The van der Waals surface area contributed by atoms with Crippen molar-refractivity contribution in [1.82, 2.24) is 4.90 Å². The van der Waals surface area contributed by atoms with Gasteiger partial charge in [-0.3, -0.25) is 19.3 Å². The fourth-order valence-corrected chi connectivity index (χ4v) is 4.65. The van der Waals surface area contributed by atoms with Gasteiger partial charge in [0.05, 0.1) is 0 Å². The van der Waals surface area contributed by atoms with Gasteiger partial charge in [-0.15, -0.1) is 0 Å². The number of amides is 3. The van der Waals surface area contributed by atoms with E-state index in [2.05, 4.69) is 15.9 Å². The van der Waals surface area contributed by atoms with Crippen molar-refractivity contribution in [2.75, 3.05) is 18.0 Å². The molecule has 1 aliphatic rings. The lowest BCUT2D eigenvalue weighted by molar-refractivity contribution is 0.0611. The van der Waals surface area contributed by atoms with E-state index in [0.717, 1.165) is 14.8 Å². The lowest BCUT2D eigenvalue weighted by Gasteiger charge is -2.30. The largest absolute Gasteiger partial charge is 0.306 e. The van der Waals surface area contributed by atoms with E-state index < -0.39 is 17.6 Å². The highest BCUT2D eigenvalue weighted by Crippen LogP contribution is 2.30. The van der Waals surface area contributed by atoms with Crippen LogP contribution in [-0.4, -0.2) is 35.7 Å². The van der Waals surface area contributed by atoms with Crippen LogP contribution in [0.15, 0.2) is 89.4 Å². The van der Waals surface area contributed by atoms with Gasteiger partial charge in [0.2, 0.25) is 0 Å². The van der Waals surface area contributed by atoms with Gasteiger partial charge < -0.3 is 4.90 Å². The molecule has 4 aromatic rings. The molecule has 5 rings (SSSR count). The number of rotatable bonds is 5. The number of hydrogen-bond acceptors (Lipinski definition) is 3. The Labute approximate surface area is 203 Å². The fourth-order valence-electron chi connectivity index (χ4n) is 4.25. The fraction of sp³-hybridized carbons (Fsp3) is 0.0741. The van der Waals surface area contributed by atoms with Gasteiger partial charge in [-0.25, -0.2) is 4.39 Å². The number of hydrogen-bond donors (Lipinski definition) is 0. The molecule has 34 heavy (non-hydrogen) atoms. The zero-order valence-corrected chi connectivity index (χ0v) is 19.5. The highest BCUT2D eigenvalue weighted by molar-refractivity contribution is 9.10. The van der Waals surface area contributed by atoms with Crippen molar-refractivity contribution in [3.8, 4) is 0 Å². The molecule has 0 N–H and O–H groups in total. The van der Waals surface area contributed by atoms with Crippen molar-refractivity contribution in [1.29, 1.82) is 0 Å². The van der Waals surface area contributed by atoms with Crippen molar-refractivity contribution in [2.24, 2.45) is 0 Å². The third-order valence-corrected chi connectivity index (χ3v) is 6.33. The Morgan fingerprint density at radius 2 is 1.50 bits per heavy atom. The van der Waals surface area contributed by atoms with Gasteiger partial charge >= 0.3 is 0 Å². The molecule has 168 valence electrons. The second-order valence-corrected chi connectivity index (χ2v) is 8.83. The maximum absolute atomic E-state index is 14.0. The van der Waals surface area contributed by atoms with E-state index in [1.54, 1.807) is 54.6 Å². The van der Waals surface area contributed by atoms with E-state index in [-0.39, 0.29) is 19.0 Å². The number of anilines is 1. The average molecular weight is 517 g/mol. The summed E-state index contributed by atoms with van der Waals surface area (Å²) in [6.45, 7) is -0.0386. The molecular weight excluding hydrogens is 499 g/mol. The van der Waals surface area contributed by atoms with Gasteiger partial charge in [-0.2, -0.15) is 0 Å². The second kappa shape index (κ2) is 8.83. The Balaban J connectivity index is 1.48. The summed E-state index contributed by atoms with van der Waals surface area (Å²) in [7, 11) is 0. The Bertz CT molecular complexity index is 1420. The first-order valence-corrected chi connectivity index (χ1v) is 11.4. The molecule has 1 heterocycles. The molecular formula is C27H18BrFN2O3. The zero-order chi connectivity index (χ0) is 23.8. The summed E-state index contributed by atoms with van der Waals surface area (Å²) in [5, 5.41) is 1.46. The predicted octanol–water partition coefficient (Wildman–Crippen LogP) is 5.68. The maximum atomic E-state index is 14.0. The molecule has 0 bridgehead atoms. The molecule has 0 fully saturated rings. The van der Waals surface area contributed by atoms with Crippen LogP contribution < -0.4 is 4.90 Å². The number of carbonyl (C=O) groups is 3. The van der Waals surface area contributed by atoms with E-state index in [4.69, 9.17) is 0 Å². The lowest BCUT2D eigenvalue weighted by Crippen LogP contribution is -2.46. The molecule has 3 amide bonds.